The molecule has 10 heteroatoms. The molecule has 1 aromatic carbocycles. The Bertz CT molecular complexity index is 980. The molecular weight excluding hydrogens is 408 g/mol. The van der Waals surface area contributed by atoms with E-state index in [2.05, 4.69) is 15.0 Å². The van der Waals surface area contributed by atoms with E-state index in [1.54, 1.807) is 18.5 Å². The van der Waals surface area contributed by atoms with Crippen LogP contribution in [0, 0.1) is 12.8 Å². The van der Waals surface area contributed by atoms with Gasteiger partial charge in [0, 0.05) is 19.8 Å². The smallest absolute Gasteiger partial charge is 0.307 e. The quantitative estimate of drug-likeness (QED) is 0.543. The lowest BCUT2D eigenvalue weighted by atomic mass is 10.0. The molecule has 2 aromatic rings. The molecule has 1 atom stereocenters. The predicted molar refractivity (Wildman–Crippen MR) is 109 cm³/mol. The van der Waals surface area contributed by atoms with Crippen LogP contribution in [0.2, 0.25) is 0 Å². The molecule has 1 saturated carbocycles. The van der Waals surface area contributed by atoms with Crippen LogP contribution in [-0.4, -0.2) is 43.0 Å². The number of aromatic nitrogens is 2. The number of benzene rings is 1. The van der Waals surface area contributed by atoms with E-state index in [0.29, 0.717) is 11.7 Å². The van der Waals surface area contributed by atoms with Crippen molar-refractivity contribution in [3.63, 3.8) is 0 Å². The molecule has 0 spiro atoms. The number of rotatable bonds is 10. The molecule has 30 heavy (non-hydrogen) atoms. The maximum atomic E-state index is 12.2. The van der Waals surface area contributed by atoms with Crippen molar-refractivity contribution in [3.8, 4) is 0 Å². The number of nitrogens with zero attached hydrogens (tertiary/aromatic N) is 2. The molecule has 1 aromatic heterocycles. The summed E-state index contributed by atoms with van der Waals surface area (Å²) in [5.41, 5.74) is 1.03. The van der Waals surface area contributed by atoms with Crippen LogP contribution in [0.5, 0.6) is 0 Å². The highest BCUT2D eigenvalue weighted by Gasteiger charge is 2.33. The molecule has 1 amide bonds. The highest BCUT2D eigenvalue weighted by molar-refractivity contribution is 7.89. The van der Waals surface area contributed by atoms with Crippen molar-refractivity contribution in [1.29, 1.82) is 0 Å². The van der Waals surface area contributed by atoms with Crippen molar-refractivity contribution in [2.75, 3.05) is 13.2 Å². The minimum atomic E-state index is -3.81. The number of nitrogens with one attached hydrogen (secondary N) is 2. The summed E-state index contributed by atoms with van der Waals surface area (Å²) in [5.74, 6) is -0.0844. The molecule has 1 unspecified atom stereocenters. The maximum absolute atomic E-state index is 12.2. The second-order valence-electron chi connectivity index (χ2n) is 7.34. The summed E-state index contributed by atoms with van der Waals surface area (Å²) in [4.78, 5) is 28.0. The topological polar surface area (TPSA) is 119 Å². The monoisotopic (exact) mass is 434 g/mol. The molecule has 162 valence electrons. The van der Waals surface area contributed by atoms with E-state index >= 15 is 0 Å². The van der Waals surface area contributed by atoms with Gasteiger partial charge in [0.15, 0.2) is 11.6 Å². The number of imidazole rings is 1. The molecule has 1 aliphatic carbocycles. The maximum Gasteiger partial charge on any atom is 0.307 e. The van der Waals surface area contributed by atoms with Crippen LogP contribution in [0.25, 0.3) is 0 Å². The zero-order valence-corrected chi connectivity index (χ0v) is 17.8. The number of esters is 1. The van der Waals surface area contributed by atoms with Gasteiger partial charge in [-0.05, 0) is 31.2 Å². The Kier molecular flexibility index (Phi) is 6.88. The number of sulfonamides is 1. The summed E-state index contributed by atoms with van der Waals surface area (Å²) in [6.07, 6.45) is 3.30. The van der Waals surface area contributed by atoms with Crippen molar-refractivity contribution in [2.24, 2.45) is 13.0 Å². The van der Waals surface area contributed by atoms with E-state index in [9.17, 15) is 18.0 Å². The van der Waals surface area contributed by atoms with Crippen molar-refractivity contribution in [3.05, 3.63) is 47.9 Å². The first-order valence-electron chi connectivity index (χ1n) is 9.76. The van der Waals surface area contributed by atoms with Crippen LogP contribution >= 0.6 is 0 Å². The van der Waals surface area contributed by atoms with Crippen LogP contribution in [0.4, 0.5) is 0 Å². The molecule has 0 aliphatic heterocycles. The molecule has 3 rings (SSSR count). The normalized spacial score (nSPS) is 14.9. The van der Waals surface area contributed by atoms with Gasteiger partial charge in [0.1, 0.15) is 5.82 Å². The molecule has 1 aliphatic rings. The molecule has 9 nitrogen and oxygen atoms in total. The molecule has 0 bridgehead atoms. The Hall–Kier alpha value is -2.72. The minimum absolute atomic E-state index is 0.0916. The molecule has 2 N–H and O–H groups in total. The first-order valence-corrected chi connectivity index (χ1v) is 11.2. The van der Waals surface area contributed by atoms with Gasteiger partial charge in [-0.1, -0.05) is 30.3 Å². The van der Waals surface area contributed by atoms with Crippen molar-refractivity contribution >= 4 is 21.9 Å². The Balaban J connectivity index is 1.41. The van der Waals surface area contributed by atoms with E-state index in [1.165, 1.54) is 6.20 Å². The second kappa shape index (κ2) is 9.40. The predicted octanol–water partition coefficient (Wildman–Crippen LogP) is 1.21. The standard InChI is InChI=1S/C20H26N4O5S/c1-14-22-18(12-24(14)2)30(27,28)21-11-10-19(26)29-13-17(25)23-20(16-8-9-16)15-6-4-3-5-7-15/h3-7,12,16,20-21H,8-11,13H2,1-2H3,(H,23,25). The number of carbonyl (C=O) groups excluding carboxylic acids is 2. The van der Waals surface area contributed by atoms with Crippen LogP contribution < -0.4 is 10.0 Å². The summed E-state index contributed by atoms with van der Waals surface area (Å²) < 4.78 is 33.2. The number of aryl methyl sites for hydroxylation is 2. The van der Waals surface area contributed by atoms with Gasteiger partial charge in [-0.3, -0.25) is 9.59 Å². The number of hydrogen-bond acceptors (Lipinski definition) is 6. The SMILES string of the molecule is Cc1nc(S(=O)(=O)NCCC(=O)OCC(=O)NC(c2ccccc2)C2CC2)cn1C. The molecule has 0 saturated heterocycles. The number of amides is 1. The minimum Gasteiger partial charge on any atom is -0.456 e. The summed E-state index contributed by atoms with van der Waals surface area (Å²) in [6, 6.07) is 9.59. The van der Waals surface area contributed by atoms with Gasteiger partial charge in [0.05, 0.1) is 12.5 Å². The average Bonchev–Trinajstić information content (AvgIpc) is 3.49. The highest BCUT2D eigenvalue weighted by Crippen LogP contribution is 2.40. The second-order valence-corrected chi connectivity index (χ2v) is 9.05. The fraction of sp³-hybridized carbons (Fsp3) is 0.450. The van der Waals surface area contributed by atoms with Crippen LogP contribution in [0.3, 0.4) is 0 Å². The fourth-order valence-electron chi connectivity index (χ4n) is 3.01. The summed E-state index contributed by atoms with van der Waals surface area (Å²) in [6.45, 7) is 1.14. The van der Waals surface area contributed by atoms with Crippen LogP contribution in [0.15, 0.2) is 41.6 Å². The van der Waals surface area contributed by atoms with E-state index < -0.39 is 22.6 Å². The lowest BCUT2D eigenvalue weighted by Crippen LogP contribution is -2.34. The number of carbonyl (C=O) groups is 2. The van der Waals surface area contributed by atoms with Gasteiger partial charge >= 0.3 is 5.97 Å². The molecule has 0 radical (unpaired) electrons. The first-order chi connectivity index (χ1) is 14.3. The number of hydrogen-bond donors (Lipinski definition) is 2. The Morgan fingerprint density at radius 1 is 1.27 bits per heavy atom. The zero-order valence-electron chi connectivity index (χ0n) is 17.0. The Labute approximate surface area is 175 Å². The van der Waals surface area contributed by atoms with E-state index in [1.807, 2.05) is 30.3 Å². The lowest BCUT2D eigenvalue weighted by Gasteiger charge is -2.18. The third-order valence-corrected chi connectivity index (χ3v) is 6.25. The van der Waals surface area contributed by atoms with Gasteiger partial charge in [-0.15, -0.1) is 0 Å². The largest absolute Gasteiger partial charge is 0.456 e. The zero-order chi connectivity index (χ0) is 21.7. The van der Waals surface area contributed by atoms with E-state index in [-0.39, 0.29) is 29.9 Å². The van der Waals surface area contributed by atoms with Crippen molar-refractivity contribution in [2.45, 2.75) is 37.3 Å². The average molecular weight is 435 g/mol. The Morgan fingerprint density at radius 2 is 1.97 bits per heavy atom. The summed E-state index contributed by atoms with van der Waals surface area (Å²) in [5, 5.41) is 2.81. The first kappa shape index (κ1) is 22.0. The van der Waals surface area contributed by atoms with Crippen molar-refractivity contribution in [1.82, 2.24) is 19.6 Å². The van der Waals surface area contributed by atoms with Gasteiger partial charge in [-0.25, -0.2) is 18.1 Å². The van der Waals surface area contributed by atoms with Crippen LogP contribution in [-0.2, 0) is 31.4 Å². The molecule has 1 heterocycles. The molecular formula is C20H26N4O5S. The van der Waals surface area contributed by atoms with Crippen molar-refractivity contribution < 1.29 is 22.7 Å². The van der Waals surface area contributed by atoms with Crippen LogP contribution in [0.1, 0.15) is 36.7 Å². The fourth-order valence-corrected chi connectivity index (χ4v) is 4.08. The highest BCUT2D eigenvalue weighted by atomic mass is 32.2. The summed E-state index contributed by atoms with van der Waals surface area (Å²) >= 11 is 0. The Morgan fingerprint density at radius 3 is 2.57 bits per heavy atom. The third kappa shape index (κ3) is 5.90. The lowest BCUT2D eigenvalue weighted by molar-refractivity contribution is -0.148. The van der Waals surface area contributed by atoms with E-state index in [4.69, 9.17) is 4.74 Å². The molecule has 1 fully saturated rings. The van der Waals surface area contributed by atoms with Gasteiger partial charge < -0.3 is 14.6 Å². The number of ether oxygens (including phenoxy) is 1. The summed E-state index contributed by atoms with van der Waals surface area (Å²) in [7, 11) is -2.12. The van der Waals surface area contributed by atoms with E-state index in [0.717, 1.165) is 18.4 Å². The van der Waals surface area contributed by atoms with Gasteiger partial charge in [0.25, 0.3) is 15.9 Å². The van der Waals surface area contributed by atoms with Gasteiger partial charge in [0.2, 0.25) is 0 Å². The van der Waals surface area contributed by atoms with Gasteiger partial charge in [-0.2, -0.15) is 0 Å². The third-order valence-electron chi connectivity index (χ3n) is 4.92.